The van der Waals surface area contributed by atoms with E-state index in [0.717, 1.165) is 21.9 Å². The van der Waals surface area contributed by atoms with E-state index in [2.05, 4.69) is 5.32 Å². The number of Topliss-reactive ketones (excluding diaryl/α,β-unsaturated/α-hetero) is 1. The number of rotatable bonds is 6. The predicted octanol–water partition coefficient (Wildman–Crippen LogP) is 3.67. The number of urea groups is 1. The Morgan fingerprint density at radius 2 is 1.77 bits per heavy atom. The number of aryl methyl sites for hydroxylation is 1. The Kier molecular flexibility index (Phi) is 5.35. The van der Waals surface area contributed by atoms with Crippen LogP contribution in [0.25, 0.3) is 0 Å². The molecule has 1 atom stereocenters. The summed E-state index contributed by atoms with van der Waals surface area (Å²) in [6.07, 6.45) is 0. The molecular formula is C26H24FN3O5. The summed E-state index contributed by atoms with van der Waals surface area (Å²) in [6, 6.07) is 12.2. The first-order chi connectivity index (χ1) is 16.7. The molecule has 3 aromatic rings. The van der Waals surface area contributed by atoms with Crippen molar-refractivity contribution in [3.05, 3.63) is 82.4 Å². The van der Waals surface area contributed by atoms with Gasteiger partial charge in [-0.1, -0.05) is 18.2 Å². The molecule has 0 spiro atoms. The van der Waals surface area contributed by atoms with Gasteiger partial charge in [0.15, 0.2) is 17.3 Å². The highest BCUT2D eigenvalue weighted by Crippen LogP contribution is 2.33. The van der Waals surface area contributed by atoms with E-state index in [0.29, 0.717) is 29.2 Å². The van der Waals surface area contributed by atoms with Crippen LogP contribution in [0, 0.1) is 19.7 Å². The van der Waals surface area contributed by atoms with Crippen LogP contribution in [0.5, 0.6) is 11.5 Å². The maximum absolute atomic E-state index is 13.3. The van der Waals surface area contributed by atoms with Crippen LogP contribution in [-0.4, -0.2) is 40.5 Å². The lowest BCUT2D eigenvalue weighted by molar-refractivity contribution is -0.130. The van der Waals surface area contributed by atoms with Crippen LogP contribution in [-0.2, 0) is 16.9 Å². The van der Waals surface area contributed by atoms with Crippen molar-refractivity contribution in [2.75, 3.05) is 13.3 Å². The third kappa shape index (κ3) is 3.82. The van der Waals surface area contributed by atoms with Crippen LogP contribution in [0.15, 0.2) is 48.5 Å². The average Bonchev–Trinajstić information content (AvgIpc) is 3.47. The second-order valence-corrected chi connectivity index (χ2v) is 8.94. The molecule has 0 unspecified atom stereocenters. The van der Waals surface area contributed by atoms with Gasteiger partial charge in [-0.25, -0.2) is 9.18 Å². The molecule has 3 heterocycles. The summed E-state index contributed by atoms with van der Waals surface area (Å²) in [4.78, 5) is 39.9. The Hall–Kier alpha value is -4.14. The van der Waals surface area contributed by atoms with Crippen molar-refractivity contribution in [2.24, 2.45) is 0 Å². The fraction of sp³-hybridized carbons (Fsp3) is 0.269. The lowest BCUT2D eigenvalue weighted by Crippen LogP contribution is -2.41. The maximum atomic E-state index is 13.3. The number of halogens is 1. The average molecular weight is 477 g/mol. The van der Waals surface area contributed by atoms with Crippen molar-refractivity contribution < 1.29 is 28.2 Å². The van der Waals surface area contributed by atoms with Crippen molar-refractivity contribution in [3.63, 3.8) is 0 Å². The zero-order chi connectivity index (χ0) is 24.9. The van der Waals surface area contributed by atoms with Crippen molar-refractivity contribution >= 4 is 17.7 Å². The highest BCUT2D eigenvalue weighted by molar-refractivity contribution is 6.11. The summed E-state index contributed by atoms with van der Waals surface area (Å²) in [5, 5.41) is 2.64. The van der Waals surface area contributed by atoms with E-state index in [4.69, 9.17) is 9.47 Å². The van der Waals surface area contributed by atoms with E-state index in [1.54, 1.807) is 13.0 Å². The first-order valence-electron chi connectivity index (χ1n) is 11.2. The molecule has 1 N–H and O–H groups in total. The van der Waals surface area contributed by atoms with Crippen LogP contribution in [0.1, 0.15) is 39.8 Å². The standard InChI is InChI=1S/C26H24FN3O5/c1-15-10-20(16(2)29(15)12-17-4-9-22-23(11-17)35-14-34-22)21(31)13-30-24(32)26(3,28-25(30)33)18-5-7-19(27)8-6-18/h4-11H,12-14H2,1-3H3,(H,28,33)/t26-/m1/s1. The molecule has 1 aromatic heterocycles. The molecule has 0 radical (unpaired) electrons. The Bertz CT molecular complexity index is 1360. The molecule has 0 bridgehead atoms. The van der Waals surface area contributed by atoms with Gasteiger partial charge >= 0.3 is 6.03 Å². The van der Waals surface area contributed by atoms with Gasteiger partial charge in [0.25, 0.3) is 5.91 Å². The van der Waals surface area contributed by atoms with Gasteiger partial charge in [-0.2, -0.15) is 0 Å². The SMILES string of the molecule is Cc1cc(C(=O)CN2C(=O)N[C@](C)(c3ccc(F)cc3)C2=O)c(C)n1Cc1ccc2c(c1)OCO2. The molecule has 1 saturated heterocycles. The number of benzene rings is 2. The minimum atomic E-state index is -1.37. The number of carbonyl (C=O) groups is 3. The highest BCUT2D eigenvalue weighted by atomic mass is 19.1. The molecule has 0 saturated carbocycles. The topological polar surface area (TPSA) is 89.9 Å². The molecule has 180 valence electrons. The quantitative estimate of drug-likeness (QED) is 0.432. The number of amides is 3. The van der Waals surface area contributed by atoms with E-state index in [1.807, 2.05) is 36.6 Å². The van der Waals surface area contributed by atoms with Crippen LogP contribution in [0.3, 0.4) is 0 Å². The molecule has 2 aromatic carbocycles. The van der Waals surface area contributed by atoms with Gasteiger partial charge in [0.1, 0.15) is 11.4 Å². The maximum Gasteiger partial charge on any atom is 0.325 e. The first kappa shape index (κ1) is 22.6. The van der Waals surface area contributed by atoms with Gasteiger partial charge in [-0.3, -0.25) is 14.5 Å². The van der Waals surface area contributed by atoms with E-state index in [9.17, 15) is 18.8 Å². The summed E-state index contributed by atoms with van der Waals surface area (Å²) in [5.41, 5.74) is 2.10. The molecule has 5 rings (SSSR count). The van der Waals surface area contributed by atoms with Gasteiger partial charge < -0.3 is 19.4 Å². The van der Waals surface area contributed by atoms with Crippen LogP contribution in [0.2, 0.25) is 0 Å². The molecule has 3 amide bonds. The van der Waals surface area contributed by atoms with Gasteiger partial charge in [0.05, 0.1) is 6.54 Å². The third-order valence-corrected chi connectivity index (χ3v) is 6.65. The summed E-state index contributed by atoms with van der Waals surface area (Å²) in [7, 11) is 0. The molecule has 2 aliphatic heterocycles. The summed E-state index contributed by atoms with van der Waals surface area (Å²) >= 11 is 0. The molecule has 1 fully saturated rings. The van der Waals surface area contributed by atoms with Gasteiger partial charge in [-0.05, 0) is 62.2 Å². The van der Waals surface area contributed by atoms with Crippen molar-refractivity contribution in [3.8, 4) is 11.5 Å². The first-order valence-corrected chi connectivity index (χ1v) is 11.2. The highest BCUT2D eigenvalue weighted by Gasteiger charge is 2.49. The molecule has 2 aliphatic rings. The number of fused-ring (bicyclic) bond motifs is 1. The third-order valence-electron chi connectivity index (χ3n) is 6.65. The number of nitrogens with one attached hydrogen (secondary N) is 1. The van der Waals surface area contributed by atoms with Crippen LogP contribution in [0.4, 0.5) is 9.18 Å². The van der Waals surface area contributed by atoms with E-state index in [-0.39, 0.29) is 12.6 Å². The van der Waals surface area contributed by atoms with Gasteiger partial charge in [0.2, 0.25) is 6.79 Å². The number of hydrogen-bond donors (Lipinski definition) is 1. The normalized spacial score (nSPS) is 18.8. The molecule has 9 heteroatoms. The molecular weight excluding hydrogens is 453 g/mol. The zero-order valence-corrected chi connectivity index (χ0v) is 19.6. The molecule has 35 heavy (non-hydrogen) atoms. The number of ether oxygens (including phenoxy) is 2. The fourth-order valence-corrected chi connectivity index (χ4v) is 4.60. The Labute approximate surface area is 201 Å². The largest absolute Gasteiger partial charge is 0.454 e. The number of aromatic nitrogens is 1. The number of nitrogens with zero attached hydrogens (tertiary/aromatic N) is 2. The zero-order valence-electron chi connectivity index (χ0n) is 19.6. The number of hydrogen-bond acceptors (Lipinski definition) is 5. The Balaban J connectivity index is 1.35. The number of carbonyl (C=O) groups excluding carboxylic acids is 3. The van der Waals surface area contributed by atoms with Crippen LogP contribution >= 0.6 is 0 Å². The van der Waals surface area contributed by atoms with E-state index < -0.39 is 29.8 Å². The minimum absolute atomic E-state index is 0.196. The summed E-state index contributed by atoms with van der Waals surface area (Å²) in [5.74, 6) is 0.0339. The van der Waals surface area contributed by atoms with E-state index >= 15 is 0 Å². The van der Waals surface area contributed by atoms with Gasteiger partial charge in [-0.15, -0.1) is 0 Å². The van der Waals surface area contributed by atoms with Gasteiger partial charge in [0, 0.05) is 23.5 Å². The van der Waals surface area contributed by atoms with Crippen molar-refractivity contribution in [1.29, 1.82) is 0 Å². The minimum Gasteiger partial charge on any atom is -0.454 e. The molecule has 0 aliphatic carbocycles. The van der Waals surface area contributed by atoms with E-state index in [1.165, 1.54) is 24.3 Å². The smallest absolute Gasteiger partial charge is 0.325 e. The predicted molar refractivity (Wildman–Crippen MR) is 124 cm³/mol. The van der Waals surface area contributed by atoms with Crippen LogP contribution < -0.4 is 14.8 Å². The molecule has 8 nitrogen and oxygen atoms in total. The summed E-state index contributed by atoms with van der Waals surface area (Å²) < 4.78 is 26.1. The fourth-order valence-electron chi connectivity index (χ4n) is 4.60. The van der Waals surface area contributed by atoms with Crippen molar-refractivity contribution in [2.45, 2.75) is 32.9 Å². The number of ketones is 1. The second kappa shape index (κ2) is 8.26. The lowest BCUT2D eigenvalue weighted by atomic mass is 9.92. The van der Waals surface area contributed by atoms with Crippen molar-refractivity contribution in [1.82, 2.24) is 14.8 Å². The monoisotopic (exact) mass is 477 g/mol. The Morgan fingerprint density at radius 3 is 2.51 bits per heavy atom. The Morgan fingerprint density at radius 1 is 1.06 bits per heavy atom. The number of imide groups is 1. The summed E-state index contributed by atoms with van der Waals surface area (Å²) in [6.45, 7) is 5.60. The second-order valence-electron chi connectivity index (χ2n) is 8.94. The lowest BCUT2D eigenvalue weighted by Gasteiger charge is -2.22.